The van der Waals surface area contributed by atoms with Gasteiger partial charge in [0.1, 0.15) is 11.0 Å². The van der Waals surface area contributed by atoms with Gasteiger partial charge >= 0.3 is 6.36 Å². The largest absolute Gasteiger partial charge is 0.573 e. The molecule has 0 aliphatic carbocycles. The molecule has 0 radical (unpaired) electrons. The van der Waals surface area contributed by atoms with E-state index in [9.17, 15) is 22.8 Å². The van der Waals surface area contributed by atoms with E-state index in [0.717, 1.165) is 29.5 Å². The molecule has 12 heteroatoms. The van der Waals surface area contributed by atoms with Crippen molar-refractivity contribution in [2.75, 3.05) is 11.9 Å². The molecule has 0 aromatic heterocycles. The molecule has 0 spiro atoms. The van der Waals surface area contributed by atoms with Crippen molar-refractivity contribution in [1.82, 2.24) is 4.90 Å². The molecule has 4 rings (SSSR count). The fourth-order valence-electron chi connectivity index (χ4n) is 3.62. The highest BCUT2D eigenvalue weighted by Crippen LogP contribution is 2.32. The molecule has 3 aromatic carbocycles. The predicted molar refractivity (Wildman–Crippen MR) is 143 cm³/mol. The van der Waals surface area contributed by atoms with Gasteiger partial charge in [-0.1, -0.05) is 65.3 Å². The second-order valence-electron chi connectivity index (χ2n) is 8.18. The van der Waals surface area contributed by atoms with Gasteiger partial charge in [0.25, 0.3) is 0 Å². The van der Waals surface area contributed by atoms with Crippen LogP contribution >= 0.6 is 35.0 Å². The van der Waals surface area contributed by atoms with Gasteiger partial charge in [0, 0.05) is 28.7 Å². The number of carbonyl (C=O) groups is 2. The number of amidine groups is 1. The summed E-state index contributed by atoms with van der Waals surface area (Å²) >= 11 is 13.3. The standard InChI is InChI=1S/C26H20Cl2F3N3O3S/c27-17-12-18(28)14-20(13-17)33-25-34(11-10-16-4-2-1-3-5-16)23(35)15-22(38-25)24(36)32-19-6-8-21(9-7-19)37-26(29,30)31/h1-9,12-14,22H,10-11,15H2,(H,32,36). The van der Waals surface area contributed by atoms with Crippen LogP contribution in [-0.4, -0.2) is 40.0 Å². The number of hydrogen-bond acceptors (Lipinski definition) is 5. The van der Waals surface area contributed by atoms with E-state index < -0.39 is 23.3 Å². The average molecular weight is 582 g/mol. The highest BCUT2D eigenvalue weighted by molar-refractivity contribution is 8.15. The lowest BCUT2D eigenvalue weighted by Crippen LogP contribution is -2.46. The number of rotatable bonds is 7. The number of carbonyl (C=O) groups excluding carboxylic acids is 2. The number of thioether (sulfide) groups is 1. The number of amides is 2. The number of aliphatic imine (C=N–C) groups is 1. The van der Waals surface area contributed by atoms with Crippen LogP contribution in [0.15, 0.2) is 77.8 Å². The SMILES string of the molecule is O=C(Nc1ccc(OC(F)(F)F)cc1)C1CC(=O)N(CCc2ccccc2)C(=Nc2cc(Cl)cc(Cl)c2)S1. The van der Waals surface area contributed by atoms with Gasteiger partial charge in [0.15, 0.2) is 5.17 Å². The predicted octanol–water partition coefficient (Wildman–Crippen LogP) is 7.10. The van der Waals surface area contributed by atoms with Crippen molar-refractivity contribution in [3.8, 4) is 5.75 Å². The van der Waals surface area contributed by atoms with Gasteiger partial charge in [0.05, 0.1) is 5.69 Å². The lowest BCUT2D eigenvalue weighted by Gasteiger charge is -2.32. The number of anilines is 1. The van der Waals surface area contributed by atoms with E-state index in [4.69, 9.17) is 23.2 Å². The Kier molecular flexibility index (Phi) is 8.86. The Bertz CT molecular complexity index is 1320. The molecular weight excluding hydrogens is 562 g/mol. The van der Waals surface area contributed by atoms with Crippen LogP contribution in [0.2, 0.25) is 10.0 Å². The summed E-state index contributed by atoms with van der Waals surface area (Å²) in [6, 6.07) is 19.1. The van der Waals surface area contributed by atoms with Crippen LogP contribution in [0, 0.1) is 0 Å². The number of ether oxygens (including phenoxy) is 1. The third kappa shape index (κ3) is 7.89. The van der Waals surface area contributed by atoms with E-state index in [0.29, 0.717) is 33.9 Å². The van der Waals surface area contributed by atoms with Crippen LogP contribution in [0.1, 0.15) is 12.0 Å². The Morgan fingerprint density at radius 2 is 1.71 bits per heavy atom. The Morgan fingerprint density at radius 1 is 1.05 bits per heavy atom. The Balaban J connectivity index is 1.52. The first-order valence-electron chi connectivity index (χ1n) is 11.3. The van der Waals surface area contributed by atoms with Crippen LogP contribution in [0.4, 0.5) is 24.5 Å². The first-order valence-corrected chi connectivity index (χ1v) is 12.9. The molecule has 3 aromatic rings. The molecule has 1 saturated heterocycles. The monoisotopic (exact) mass is 581 g/mol. The maximum Gasteiger partial charge on any atom is 0.573 e. The summed E-state index contributed by atoms with van der Waals surface area (Å²) < 4.78 is 41.0. The minimum atomic E-state index is -4.82. The van der Waals surface area contributed by atoms with E-state index in [2.05, 4.69) is 15.0 Å². The molecule has 1 fully saturated rings. The summed E-state index contributed by atoms with van der Waals surface area (Å²) in [4.78, 5) is 32.3. The molecule has 38 heavy (non-hydrogen) atoms. The summed E-state index contributed by atoms with van der Waals surface area (Å²) in [6.07, 6.45) is -4.33. The van der Waals surface area contributed by atoms with Gasteiger partial charge in [-0.3, -0.25) is 14.5 Å². The van der Waals surface area contributed by atoms with Gasteiger partial charge in [-0.25, -0.2) is 4.99 Å². The Labute approximate surface area is 230 Å². The summed E-state index contributed by atoms with van der Waals surface area (Å²) in [5, 5.41) is 2.85. The third-order valence-electron chi connectivity index (χ3n) is 5.33. The van der Waals surface area contributed by atoms with Crippen molar-refractivity contribution in [3.63, 3.8) is 0 Å². The molecular formula is C26H20Cl2F3N3O3S. The summed E-state index contributed by atoms with van der Waals surface area (Å²) in [6.45, 7) is 0.345. The van der Waals surface area contributed by atoms with Crippen LogP contribution in [0.3, 0.4) is 0 Å². The molecule has 6 nitrogen and oxygen atoms in total. The third-order valence-corrected chi connectivity index (χ3v) is 6.95. The summed E-state index contributed by atoms with van der Waals surface area (Å²) in [7, 11) is 0. The molecule has 1 N–H and O–H groups in total. The number of hydrogen-bond donors (Lipinski definition) is 1. The van der Waals surface area contributed by atoms with E-state index in [-0.39, 0.29) is 18.0 Å². The zero-order valence-electron chi connectivity index (χ0n) is 19.5. The summed E-state index contributed by atoms with van der Waals surface area (Å²) in [5.74, 6) is -1.20. The first kappa shape index (κ1) is 27.8. The number of halogens is 5. The highest BCUT2D eigenvalue weighted by Gasteiger charge is 2.36. The lowest BCUT2D eigenvalue weighted by atomic mass is 10.1. The average Bonchev–Trinajstić information content (AvgIpc) is 2.83. The van der Waals surface area contributed by atoms with Gasteiger partial charge in [-0.2, -0.15) is 0 Å². The molecule has 2 amide bonds. The smallest absolute Gasteiger partial charge is 0.406 e. The molecule has 1 unspecified atom stereocenters. The van der Waals surface area contributed by atoms with Crippen LogP contribution in [0.25, 0.3) is 0 Å². The number of benzene rings is 3. The second-order valence-corrected chi connectivity index (χ2v) is 10.2. The maximum absolute atomic E-state index is 13.2. The van der Waals surface area contributed by atoms with Crippen LogP contribution < -0.4 is 10.1 Å². The van der Waals surface area contributed by atoms with Crippen LogP contribution in [-0.2, 0) is 16.0 Å². The first-order chi connectivity index (χ1) is 18.1. The zero-order valence-corrected chi connectivity index (χ0v) is 21.9. The second kappa shape index (κ2) is 12.1. The van der Waals surface area contributed by atoms with Crippen LogP contribution in [0.5, 0.6) is 5.75 Å². The van der Waals surface area contributed by atoms with E-state index in [1.54, 1.807) is 18.2 Å². The van der Waals surface area contributed by atoms with Gasteiger partial charge in [-0.15, -0.1) is 13.2 Å². The van der Waals surface area contributed by atoms with Crippen molar-refractivity contribution >= 4 is 63.3 Å². The number of alkyl halides is 3. The number of nitrogens with zero attached hydrogens (tertiary/aromatic N) is 2. The van der Waals surface area contributed by atoms with Crippen molar-refractivity contribution in [2.45, 2.75) is 24.5 Å². The molecule has 0 saturated carbocycles. The van der Waals surface area contributed by atoms with Gasteiger partial charge in [0.2, 0.25) is 11.8 Å². The molecule has 1 heterocycles. The van der Waals surface area contributed by atoms with E-state index >= 15 is 0 Å². The minimum absolute atomic E-state index is 0.0874. The van der Waals surface area contributed by atoms with Gasteiger partial charge < -0.3 is 10.1 Å². The summed E-state index contributed by atoms with van der Waals surface area (Å²) in [5.41, 5.74) is 1.71. The van der Waals surface area contributed by atoms with Gasteiger partial charge in [-0.05, 0) is 54.4 Å². The molecule has 198 valence electrons. The van der Waals surface area contributed by atoms with E-state index in [1.165, 1.54) is 17.0 Å². The normalized spacial score (nSPS) is 17.0. The van der Waals surface area contributed by atoms with E-state index in [1.807, 2.05) is 30.3 Å². The quantitative estimate of drug-likeness (QED) is 0.323. The number of nitrogens with one attached hydrogen (secondary N) is 1. The highest BCUT2D eigenvalue weighted by atomic mass is 35.5. The molecule has 1 atom stereocenters. The Hall–Kier alpha value is -3.21. The zero-order chi connectivity index (χ0) is 27.3. The van der Waals surface area contributed by atoms with Crippen molar-refractivity contribution < 1.29 is 27.5 Å². The Morgan fingerprint density at radius 3 is 2.34 bits per heavy atom. The molecule has 1 aliphatic heterocycles. The molecule has 0 bridgehead atoms. The van der Waals surface area contributed by atoms with Crippen molar-refractivity contribution in [1.29, 1.82) is 0 Å². The fourth-order valence-corrected chi connectivity index (χ4v) is 5.26. The lowest BCUT2D eigenvalue weighted by molar-refractivity contribution is -0.274. The molecule has 1 aliphatic rings. The topological polar surface area (TPSA) is 71.0 Å². The maximum atomic E-state index is 13.2. The fraction of sp³-hybridized carbons (Fsp3) is 0.192. The van der Waals surface area contributed by atoms with Crippen molar-refractivity contribution in [2.24, 2.45) is 4.99 Å². The minimum Gasteiger partial charge on any atom is -0.406 e. The van der Waals surface area contributed by atoms with Crippen molar-refractivity contribution in [3.05, 3.63) is 88.4 Å².